The van der Waals surface area contributed by atoms with Crippen LogP contribution in [-0.4, -0.2) is 60.7 Å². The molecule has 36 heavy (non-hydrogen) atoms. The Kier molecular flexibility index (Phi) is 5.50. The smallest absolute Gasteiger partial charge is 0.231 e. The molecule has 4 aliphatic rings. The van der Waals surface area contributed by atoms with E-state index in [-0.39, 0.29) is 35.3 Å². The molecule has 1 heterocycles. The van der Waals surface area contributed by atoms with E-state index in [2.05, 4.69) is 5.92 Å². The van der Waals surface area contributed by atoms with E-state index in [9.17, 15) is 20.0 Å². The SMILES string of the molecule is C#CC12C[C@H](OC(C)(C)O1)[C@@H]1C([N+](=O)[O-])C3C(=C(O)c4cccc(OC)c4C3(OC)OC)C(=O)[C@H]1C2. The molecule has 0 amide bonds. The fraction of sp³-hybridized carbons (Fsp3) is 0.577. The number of rotatable bonds is 4. The number of ketones is 1. The van der Waals surface area contributed by atoms with Crippen LogP contribution in [0.1, 0.15) is 37.8 Å². The zero-order chi connectivity index (χ0) is 26.2. The number of hydrogen-bond acceptors (Lipinski definition) is 9. The van der Waals surface area contributed by atoms with Crippen LogP contribution >= 0.6 is 0 Å². The molecule has 192 valence electrons. The van der Waals surface area contributed by atoms with Gasteiger partial charge in [0.25, 0.3) is 0 Å². The molecule has 2 saturated carbocycles. The summed E-state index contributed by atoms with van der Waals surface area (Å²) in [6.45, 7) is 3.40. The maximum atomic E-state index is 14.1. The van der Waals surface area contributed by atoms with E-state index in [1.54, 1.807) is 32.0 Å². The molecule has 1 saturated heterocycles. The van der Waals surface area contributed by atoms with Gasteiger partial charge in [-0.3, -0.25) is 14.9 Å². The van der Waals surface area contributed by atoms with Crippen molar-refractivity contribution in [2.24, 2.45) is 17.8 Å². The van der Waals surface area contributed by atoms with Crippen molar-refractivity contribution in [3.05, 3.63) is 45.0 Å². The van der Waals surface area contributed by atoms with E-state index < -0.39 is 57.8 Å². The van der Waals surface area contributed by atoms with Crippen LogP contribution in [-0.2, 0) is 29.5 Å². The van der Waals surface area contributed by atoms with E-state index in [4.69, 9.17) is 30.1 Å². The first-order valence-corrected chi connectivity index (χ1v) is 11.7. The van der Waals surface area contributed by atoms with Crippen LogP contribution in [0, 0.1) is 40.2 Å². The molecule has 2 bridgehead atoms. The van der Waals surface area contributed by atoms with Gasteiger partial charge in [0.2, 0.25) is 11.8 Å². The van der Waals surface area contributed by atoms with Crippen LogP contribution in [0.4, 0.5) is 0 Å². The molecule has 3 fully saturated rings. The number of ether oxygens (including phenoxy) is 5. The van der Waals surface area contributed by atoms with E-state index in [0.717, 1.165) is 0 Å². The average Bonchev–Trinajstić information content (AvgIpc) is 2.84. The number of nitrogens with zero attached hydrogens (tertiary/aromatic N) is 1. The second-order valence-electron chi connectivity index (χ2n) is 10.2. The van der Waals surface area contributed by atoms with Crippen molar-refractivity contribution in [2.75, 3.05) is 21.3 Å². The minimum absolute atomic E-state index is 0.0715. The third-order valence-corrected chi connectivity index (χ3v) is 8.13. The van der Waals surface area contributed by atoms with Gasteiger partial charge in [0.05, 0.1) is 30.3 Å². The van der Waals surface area contributed by atoms with Gasteiger partial charge in [-0.1, -0.05) is 18.1 Å². The third kappa shape index (κ3) is 3.10. The second kappa shape index (κ2) is 8.02. The maximum Gasteiger partial charge on any atom is 0.231 e. The highest BCUT2D eigenvalue weighted by Crippen LogP contribution is 2.60. The lowest BCUT2D eigenvalue weighted by atomic mass is 9.54. The fourth-order valence-corrected chi connectivity index (χ4v) is 7.02. The number of nitro groups is 1. The van der Waals surface area contributed by atoms with Crippen LogP contribution in [0.25, 0.3) is 5.76 Å². The second-order valence-corrected chi connectivity index (χ2v) is 10.2. The highest BCUT2D eigenvalue weighted by molar-refractivity contribution is 6.06. The molecular formula is C26H29NO9. The normalized spacial score (nSPS) is 35.7. The number of methoxy groups -OCH3 is 3. The first-order valence-electron chi connectivity index (χ1n) is 11.7. The summed E-state index contributed by atoms with van der Waals surface area (Å²) < 4.78 is 29.6. The van der Waals surface area contributed by atoms with Gasteiger partial charge in [0.1, 0.15) is 23.0 Å². The van der Waals surface area contributed by atoms with E-state index in [1.165, 1.54) is 21.3 Å². The Balaban J connectivity index is 1.80. The molecule has 5 rings (SSSR count). The van der Waals surface area contributed by atoms with Gasteiger partial charge in [0, 0.05) is 37.0 Å². The van der Waals surface area contributed by atoms with Crippen LogP contribution in [0.2, 0.25) is 0 Å². The molecule has 1 N–H and O–H groups in total. The number of carbonyl (C=O) groups is 1. The molecule has 0 spiro atoms. The number of terminal acetylenes is 1. The van der Waals surface area contributed by atoms with Gasteiger partial charge in [-0.15, -0.1) is 6.42 Å². The summed E-state index contributed by atoms with van der Waals surface area (Å²) >= 11 is 0. The molecule has 0 radical (unpaired) electrons. The van der Waals surface area contributed by atoms with Crippen molar-refractivity contribution in [1.29, 1.82) is 0 Å². The Hall–Kier alpha value is -2.97. The number of aliphatic hydroxyl groups is 1. The Morgan fingerprint density at radius 2 is 1.92 bits per heavy atom. The molecule has 3 unspecified atom stereocenters. The van der Waals surface area contributed by atoms with Gasteiger partial charge in [-0.2, -0.15) is 0 Å². The predicted molar refractivity (Wildman–Crippen MR) is 125 cm³/mol. The minimum Gasteiger partial charge on any atom is -0.507 e. The van der Waals surface area contributed by atoms with Crippen molar-refractivity contribution in [3.8, 4) is 18.1 Å². The number of benzene rings is 1. The van der Waals surface area contributed by atoms with Gasteiger partial charge < -0.3 is 28.8 Å². The van der Waals surface area contributed by atoms with Crippen LogP contribution in [0.15, 0.2) is 23.8 Å². The van der Waals surface area contributed by atoms with E-state index in [1.807, 2.05) is 0 Å². The summed E-state index contributed by atoms with van der Waals surface area (Å²) in [6, 6.07) is 3.48. The summed E-state index contributed by atoms with van der Waals surface area (Å²) in [5.74, 6) is -3.77. The molecule has 1 aromatic carbocycles. The van der Waals surface area contributed by atoms with Crippen LogP contribution in [0.3, 0.4) is 0 Å². The fourth-order valence-electron chi connectivity index (χ4n) is 7.02. The van der Waals surface area contributed by atoms with E-state index in [0.29, 0.717) is 5.75 Å². The standard InChI is InChI=1S/C26H29NO9/c1-7-25-11-14-17(16(12-25)35-24(2,3)36-25)21(27(30)31)20-18(23(14)29)22(28)13-9-8-10-15(32-4)19(13)26(20,33-5)34-6/h1,8-10,14,16-17,20-21,28H,11-12H2,2-6H3/t14-,16-,17+,20?,21?,25?/m0/s1. The summed E-state index contributed by atoms with van der Waals surface area (Å²) in [4.78, 5) is 26.6. The topological polar surface area (TPSA) is 127 Å². The largest absolute Gasteiger partial charge is 0.507 e. The lowest BCUT2D eigenvalue weighted by Gasteiger charge is -2.57. The molecule has 1 aromatic rings. The molecule has 0 aromatic heterocycles. The number of Topliss-reactive ketones (excluding diaryl/α,β-unsaturated/α-hetero) is 1. The summed E-state index contributed by atoms with van der Waals surface area (Å²) in [5, 5.41) is 24.3. The molecule has 3 aliphatic carbocycles. The summed E-state index contributed by atoms with van der Waals surface area (Å²) in [6.07, 6.45) is 5.41. The van der Waals surface area contributed by atoms with Gasteiger partial charge in [-0.05, 0) is 26.3 Å². The summed E-state index contributed by atoms with van der Waals surface area (Å²) in [5.41, 5.74) is -0.713. The first kappa shape index (κ1) is 24.7. The van der Waals surface area contributed by atoms with Crippen molar-refractivity contribution >= 4 is 11.5 Å². The maximum absolute atomic E-state index is 14.1. The van der Waals surface area contributed by atoms with Gasteiger partial charge >= 0.3 is 0 Å². The highest BCUT2D eigenvalue weighted by atomic mass is 16.7. The van der Waals surface area contributed by atoms with Crippen molar-refractivity contribution in [3.63, 3.8) is 0 Å². The zero-order valence-corrected chi connectivity index (χ0v) is 20.8. The first-order chi connectivity index (χ1) is 17.0. The van der Waals surface area contributed by atoms with Crippen molar-refractivity contribution in [2.45, 2.75) is 56.0 Å². The van der Waals surface area contributed by atoms with Crippen LogP contribution in [0.5, 0.6) is 5.75 Å². The van der Waals surface area contributed by atoms with Crippen molar-refractivity contribution < 1.29 is 38.5 Å². The molecule has 10 nitrogen and oxygen atoms in total. The number of hydrogen-bond donors (Lipinski definition) is 1. The zero-order valence-electron chi connectivity index (χ0n) is 20.8. The predicted octanol–water partition coefficient (Wildman–Crippen LogP) is 2.82. The van der Waals surface area contributed by atoms with E-state index >= 15 is 0 Å². The molecule has 1 aliphatic heterocycles. The highest BCUT2D eigenvalue weighted by Gasteiger charge is 2.71. The Labute approximate surface area is 208 Å². The molecular weight excluding hydrogens is 470 g/mol. The summed E-state index contributed by atoms with van der Waals surface area (Å²) in [7, 11) is 4.14. The lowest BCUT2D eigenvalue weighted by molar-refractivity contribution is -0.560. The number of aliphatic hydroxyl groups excluding tert-OH is 1. The minimum atomic E-state index is -1.79. The molecule has 10 heteroatoms. The van der Waals surface area contributed by atoms with Gasteiger partial charge in [0.15, 0.2) is 11.6 Å². The quantitative estimate of drug-likeness (QED) is 0.288. The molecule has 6 atom stereocenters. The monoisotopic (exact) mass is 499 g/mol. The Morgan fingerprint density at radius 1 is 1.22 bits per heavy atom. The van der Waals surface area contributed by atoms with Gasteiger partial charge in [-0.25, -0.2) is 0 Å². The number of carbonyl (C=O) groups excluding carboxylic acids is 1. The van der Waals surface area contributed by atoms with Crippen LogP contribution < -0.4 is 4.74 Å². The Bertz CT molecular complexity index is 1210. The lowest BCUT2D eigenvalue weighted by Crippen LogP contribution is -2.68. The number of fused-ring (bicyclic) bond motifs is 6. The Morgan fingerprint density at radius 3 is 2.50 bits per heavy atom. The average molecular weight is 500 g/mol. The third-order valence-electron chi connectivity index (χ3n) is 8.13. The van der Waals surface area contributed by atoms with Crippen molar-refractivity contribution in [1.82, 2.24) is 0 Å².